The third-order valence-corrected chi connectivity index (χ3v) is 2.69. The summed E-state index contributed by atoms with van der Waals surface area (Å²) in [6.45, 7) is 1.95. The molecule has 4 nitrogen and oxygen atoms in total. The van der Waals surface area contributed by atoms with E-state index < -0.39 is 11.8 Å². The molecule has 19 heavy (non-hydrogen) atoms. The summed E-state index contributed by atoms with van der Waals surface area (Å²) < 4.78 is 18.1. The van der Waals surface area contributed by atoms with Gasteiger partial charge in [-0.2, -0.15) is 0 Å². The van der Waals surface area contributed by atoms with E-state index in [9.17, 15) is 9.18 Å². The van der Waals surface area contributed by atoms with E-state index in [-0.39, 0.29) is 17.9 Å². The van der Waals surface area contributed by atoms with E-state index in [0.717, 1.165) is 11.6 Å². The Kier molecular flexibility index (Phi) is 3.75. The number of rotatable bonds is 3. The van der Waals surface area contributed by atoms with Crippen molar-refractivity contribution in [3.63, 3.8) is 0 Å². The number of anilines is 1. The van der Waals surface area contributed by atoms with Gasteiger partial charge < -0.3 is 10.5 Å². The number of carbonyl (C=O) groups excluding carboxylic acids is 1. The van der Waals surface area contributed by atoms with Crippen molar-refractivity contribution < 1.29 is 13.9 Å². The van der Waals surface area contributed by atoms with Crippen LogP contribution in [0.1, 0.15) is 21.6 Å². The number of nitrogens with zero attached hydrogens (tertiary/aromatic N) is 1. The number of esters is 1. The lowest BCUT2D eigenvalue weighted by Crippen LogP contribution is -2.08. The van der Waals surface area contributed by atoms with Gasteiger partial charge in [-0.1, -0.05) is 6.07 Å². The van der Waals surface area contributed by atoms with E-state index in [1.165, 1.54) is 12.1 Å². The van der Waals surface area contributed by atoms with Crippen LogP contribution in [-0.2, 0) is 11.3 Å². The summed E-state index contributed by atoms with van der Waals surface area (Å²) in [4.78, 5) is 15.9. The first-order valence-electron chi connectivity index (χ1n) is 5.70. The zero-order chi connectivity index (χ0) is 13.8. The highest BCUT2D eigenvalue weighted by molar-refractivity contribution is 5.90. The van der Waals surface area contributed by atoms with Gasteiger partial charge in [0.1, 0.15) is 12.4 Å². The van der Waals surface area contributed by atoms with Crippen molar-refractivity contribution in [2.45, 2.75) is 13.5 Å². The van der Waals surface area contributed by atoms with Crippen LogP contribution >= 0.6 is 0 Å². The molecule has 0 unspecified atom stereocenters. The predicted molar refractivity (Wildman–Crippen MR) is 68.9 cm³/mol. The number of nitrogens with two attached hydrogens (primary N) is 1. The highest BCUT2D eigenvalue weighted by Gasteiger charge is 2.10. The summed E-state index contributed by atoms with van der Waals surface area (Å²) in [5.41, 5.74) is 7.15. The molecule has 0 amide bonds. The van der Waals surface area contributed by atoms with Crippen LogP contribution < -0.4 is 5.73 Å². The van der Waals surface area contributed by atoms with Crippen LogP contribution in [0.2, 0.25) is 0 Å². The lowest BCUT2D eigenvalue weighted by atomic mass is 10.2. The summed E-state index contributed by atoms with van der Waals surface area (Å²) in [5.74, 6) is -1.12. The van der Waals surface area contributed by atoms with E-state index in [1.54, 1.807) is 12.3 Å². The maximum atomic E-state index is 13.0. The van der Waals surface area contributed by atoms with Gasteiger partial charge in [-0.25, -0.2) is 9.18 Å². The highest BCUT2D eigenvalue weighted by atomic mass is 19.1. The van der Waals surface area contributed by atoms with Crippen LogP contribution in [0.4, 0.5) is 10.1 Å². The van der Waals surface area contributed by atoms with Crippen molar-refractivity contribution in [2.24, 2.45) is 0 Å². The van der Waals surface area contributed by atoms with Crippen LogP contribution in [0.15, 0.2) is 36.5 Å². The van der Waals surface area contributed by atoms with Crippen LogP contribution in [0.25, 0.3) is 0 Å². The number of ether oxygens (including phenoxy) is 1. The molecule has 0 aliphatic rings. The van der Waals surface area contributed by atoms with Crippen LogP contribution in [0.5, 0.6) is 0 Å². The molecule has 5 heteroatoms. The largest absolute Gasteiger partial charge is 0.456 e. The van der Waals surface area contributed by atoms with E-state index in [4.69, 9.17) is 10.5 Å². The first-order valence-corrected chi connectivity index (χ1v) is 5.70. The molecule has 2 rings (SSSR count). The molecule has 0 bridgehead atoms. The molecular formula is C14H13FN2O2. The Morgan fingerprint density at radius 3 is 2.89 bits per heavy atom. The molecule has 98 valence electrons. The monoisotopic (exact) mass is 260 g/mol. The maximum absolute atomic E-state index is 13.0. The van der Waals surface area contributed by atoms with Gasteiger partial charge in [0.15, 0.2) is 0 Å². The molecule has 2 N–H and O–H groups in total. The zero-order valence-electron chi connectivity index (χ0n) is 10.4. The predicted octanol–water partition coefficient (Wildman–Crippen LogP) is 2.47. The van der Waals surface area contributed by atoms with Crippen LogP contribution in [0.3, 0.4) is 0 Å². The number of aromatic nitrogens is 1. The van der Waals surface area contributed by atoms with E-state index in [0.29, 0.717) is 5.69 Å². The number of halogens is 1. The molecule has 0 radical (unpaired) electrons. The molecule has 1 aromatic carbocycles. The fraction of sp³-hybridized carbons (Fsp3) is 0.143. The second-order valence-corrected chi connectivity index (χ2v) is 4.08. The topological polar surface area (TPSA) is 65.2 Å². The van der Waals surface area contributed by atoms with Crippen molar-refractivity contribution in [3.05, 3.63) is 59.2 Å². The smallest absolute Gasteiger partial charge is 0.338 e. The van der Waals surface area contributed by atoms with Gasteiger partial charge in [0.05, 0.1) is 16.9 Å². The summed E-state index contributed by atoms with van der Waals surface area (Å²) in [5, 5.41) is 0. The van der Waals surface area contributed by atoms with Crippen molar-refractivity contribution in [2.75, 3.05) is 5.73 Å². The zero-order valence-corrected chi connectivity index (χ0v) is 10.4. The molecule has 0 fully saturated rings. The molecule has 1 heterocycles. The molecule has 2 aromatic rings. The lowest BCUT2D eigenvalue weighted by Gasteiger charge is -2.07. The Morgan fingerprint density at radius 1 is 1.42 bits per heavy atom. The second-order valence-electron chi connectivity index (χ2n) is 4.08. The van der Waals surface area contributed by atoms with Gasteiger partial charge in [-0.05, 0) is 36.8 Å². The minimum Gasteiger partial charge on any atom is -0.456 e. The Morgan fingerprint density at radius 2 is 2.21 bits per heavy atom. The van der Waals surface area contributed by atoms with Crippen molar-refractivity contribution >= 4 is 11.7 Å². The van der Waals surface area contributed by atoms with E-state index >= 15 is 0 Å². The Bertz CT molecular complexity index is 614. The number of nitrogen functional groups attached to an aromatic ring is 1. The maximum Gasteiger partial charge on any atom is 0.338 e. The Labute approximate surface area is 110 Å². The summed E-state index contributed by atoms with van der Waals surface area (Å²) in [6, 6.07) is 7.41. The van der Waals surface area contributed by atoms with Gasteiger partial charge in [0.25, 0.3) is 0 Å². The number of benzene rings is 1. The lowest BCUT2D eigenvalue weighted by molar-refractivity contribution is 0.0467. The summed E-state index contributed by atoms with van der Waals surface area (Å²) in [6.07, 6.45) is 1.63. The first kappa shape index (κ1) is 13.0. The van der Waals surface area contributed by atoms with Crippen molar-refractivity contribution in [1.82, 2.24) is 4.98 Å². The normalized spacial score (nSPS) is 10.2. The number of aryl methyl sites for hydroxylation is 1. The van der Waals surface area contributed by atoms with E-state index in [2.05, 4.69) is 4.98 Å². The number of hydrogen-bond donors (Lipinski definition) is 1. The van der Waals surface area contributed by atoms with Crippen LogP contribution in [-0.4, -0.2) is 11.0 Å². The van der Waals surface area contributed by atoms with Gasteiger partial charge in [-0.3, -0.25) is 4.98 Å². The molecule has 0 spiro atoms. The number of carbonyl (C=O) groups is 1. The van der Waals surface area contributed by atoms with Gasteiger partial charge in [0.2, 0.25) is 0 Å². The SMILES string of the molecule is Cc1cccnc1COC(=O)c1ccc(F)c(N)c1. The summed E-state index contributed by atoms with van der Waals surface area (Å²) in [7, 11) is 0. The van der Waals surface area contributed by atoms with Gasteiger partial charge >= 0.3 is 5.97 Å². The molecule has 0 saturated heterocycles. The van der Waals surface area contributed by atoms with Crippen LogP contribution in [0, 0.1) is 12.7 Å². The minimum absolute atomic E-state index is 0.0722. The summed E-state index contributed by atoms with van der Waals surface area (Å²) >= 11 is 0. The quantitative estimate of drug-likeness (QED) is 0.680. The first-order chi connectivity index (χ1) is 9.08. The third kappa shape index (κ3) is 3.07. The Hall–Kier alpha value is -2.43. The molecule has 1 aromatic heterocycles. The van der Waals surface area contributed by atoms with Gasteiger partial charge in [-0.15, -0.1) is 0 Å². The Balaban J connectivity index is 2.05. The van der Waals surface area contributed by atoms with Gasteiger partial charge in [0, 0.05) is 6.20 Å². The third-order valence-electron chi connectivity index (χ3n) is 2.69. The van der Waals surface area contributed by atoms with E-state index in [1.807, 2.05) is 13.0 Å². The average Bonchev–Trinajstić information content (AvgIpc) is 2.40. The fourth-order valence-electron chi connectivity index (χ4n) is 1.56. The molecule has 0 saturated carbocycles. The molecule has 0 atom stereocenters. The second kappa shape index (κ2) is 5.48. The van der Waals surface area contributed by atoms with Crippen molar-refractivity contribution in [3.8, 4) is 0 Å². The molecule has 0 aliphatic carbocycles. The average molecular weight is 260 g/mol. The molecular weight excluding hydrogens is 247 g/mol. The van der Waals surface area contributed by atoms with Crippen molar-refractivity contribution in [1.29, 1.82) is 0 Å². The molecule has 0 aliphatic heterocycles. The highest BCUT2D eigenvalue weighted by Crippen LogP contribution is 2.14. The number of hydrogen-bond acceptors (Lipinski definition) is 4. The fourth-order valence-corrected chi connectivity index (χ4v) is 1.56. The minimum atomic E-state index is -0.559. The standard InChI is InChI=1S/C14H13FN2O2/c1-9-3-2-6-17-13(9)8-19-14(18)10-4-5-11(15)12(16)7-10/h2-7H,8,16H2,1H3. The number of pyridine rings is 1.